The number of hydrogen-bond acceptors (Lipinski definition) is 13. The lowest BCUT2D eigenvalue weighted by Crippen LogP contribution is -2.34. The summed E-state index contributed by atoms with van der Waals surface area (Å²) >= 11 is 0. The molecule has 262 valence electrons. The van der Waals surface area contributed by atoms with E-state index in [9.17, 15) is 24.0 Å². The summed E-state index contributed by atoms with van der Waals surface area (Å²) in [5.74, 6) is -0.0719. The predicted octanol–water partition coefficient (Wildman–Crippen LogP) is 4.48. The molecule has 1 aliphatic heterocycles. The largest absolute Gasteiger partial charge is 0.444 e. The third kappa shape index (κ3) is 10.7. The average molecular weight is 682 g/mol. The minimum atomic E-state index is -1.27. The molecule has 1 amide bonds. The summed E-state index contributed by atoms with van der Waals surface area (Å²) in [6, 6.07) is 14.4. The van der Waals surface area contributed by atoms with Gasteiger partial charge in [-0.3, -0.25) is 24.3 Å². The molecule has 0 spiro atoms. The first-order valence-corrected chi connectivity index (χ1v) is 15.3. The van der Waals surface area contributed by atoms with Crippen molar-refractivity contribution < 1.29 is 52.3 Å². The number of esters is 2. The van der Waals surface area contributed by atoms with Crippen molar-refractivity contribution in [3.8, 4) is 11.5 Å². The maximum absolute atomic E-state index is 12.8. The molecule has 0 saturated carbocycles. The van der Waals surface area contributed by atoms with Crippen LogP contribution < -0.4 is 20.5 Å². The second-order valence-electron chi connectivity index (χ2n) is 13.0. The summed E-state index contributed by atoms with van der Waals surface area (Å²) in [5.41, 5.74) is -0.740. The van der Waals surface area contributed by atoms with E-state index in [0.717, 1.165) is 4.57 Å². The lowest BCUT2D eigenvalue weighted by molar-refractivity contribution is -0.249. The molecule has 2 heterocycles. The molecule has 15 heteroatoms. The molecular weight excluding hydrogens is 642 g/mol. The molecule has 3 atom stereocenters. The van der Waals surface area contributed by atoms with Crippen LogP contribution in [0.25, 0.3) is 0 Å². The second kappa shape index (κ2) is 15.9. The van der Waals surface area contributed by atoms with Crippen molar-refractivity contribution >= 4 is 30.3 Å². The van der Waals surface area contributed by atoms with Crippen molar-refractivity contribution in [1.29, 1.82) is 0 Å². The van der Waals surface area contributed by atoms with Gasteiger partial charge < -0.3 is 33.2 Å². The summed E-state index contributed by atoms with van der Waals surface area (Å²) in [6.07, 6.45) is -2.87. The quantitative estimate of drug-likeness (QED) is 0.122. The molecule has 4 rings (SSSR count). The van der Waals surface area contributed by atoms with Crippen LogP contribution in [-0.4, -0.2) is 53.2 Å². The van der Waals surface area contributed by atoms with Gasteiger partial charge in [0.2, 0.25) is 6.29 Å². The molecule has 15 nitrogen and oxygen atoms in total. The number of aromatic nitrogens is 2. The van der Waals surface area contributed by atoms with Gasteiger partial charge in [0.1, 0.15) is 23.9 Å². The zero-order chi connectivity index (χ0) is 35.8. The highest BCUT2D eigenvalue weighted by Gasteiger charge is 2.36. The van der Waals surface area contributed by atoms with Gasteiger partial charge in [0.05, 0.1) is 24.0 Å². The van der Waals surface area contributed by atoms with Crippen LogP contribution in [0.15, 0.2) is 65.6 Å². The standard InChI is InChI=1S/C34H39N3O12/c1-33(2,3)29(39)47-23-11-7-21(8-12-23)17-43-27(46-20-38)28-44-19-26(49-28)37-16-15-25(35-31(37)41)36-32(42)45-18-22-9-13-24(14-10-22)48-30(40)34(4,5)6/h7-16,20,26-28H,17-19H2,1-6H3,(H,35,36,41,42). The minimum absolute atomic E-state index is 0.00393. The molecular formula is C34H39N3O12. The van der Waals surface area contributed by atoms with Gasteiger partial charge in [0.15, 0.2) is 6.23 Å². The van der Waals surface area contributed by atoms with Crippen LogP contribution in [0.1, 0.15) is 58.9 Å². The van der Waals surface area contributed by atoms with Gasteiger partial charge in [-0.1, -0.05) is 24.3 Å². The van der Waals surface area contributed by atoms with Crippen molar-refractivity contribution in [2.45, 2.75) is 73.6 Å². The first kappa shape index (κ1) is 36.7. The summed E-state index contributed by atoms with van der Waals surface area (Å²) in [4.78, 5) is 64.2. The normalized spacial score (nSPS) is 16.7. The Morgan fingerprint density at radius 3 is 1.96 bits per heavy atom. The molecule has 1 aliphatic rings. The number of rotatable bonds is 12. The van der Waals surface area contributed by atoms with Crippen molar-refractivity contribution in [1.82, 2.24) is 9.55 Å². The number of carbonyl (C=O) groups excluding carboxylic acids is 4. The Morgan fingerprint density at radius 1 is 0.898 bits per heavy atom. The van der Waals surface area contributed by atoms with E-state index in [0.29, 0.717) is 22.6 Å². The zero-order valence-corrected chi connectivity index (χ0v) is 28.0. The highest BCUT2D eigenvalue weighted by atomic mass is 16.8. The molecule has 0 aliphatic carbocycles. The smallest absolute Gasteiger partial charge is 0.413 e. The number of nitrogens with zero attached hydrogens (tertiary/aromatic N) is 2. The van der Waals surface area contributed by atoms with Crippen LogP contribution in [0, 0.1) is 10.8 Å². The van der Waals surface area contributed by atoms with Gasteiger partial charge in [0.25, 0.3) is 12.8 Å². The fraction of sp³-hybridized carbons (Fsp3) is 0.412. The van der Waals surface area contributed by atoms with Crippen molar-refractivity contribution in [3.05, 3.63) is 82.4 Å². The fourth-order valence-corrected chi connectivity index (χ4v) is 3.93. The highest BCUT2D eigenvalue weighted by molar-refractivity contribution is 5.83. The lowest BCUT2D eigenvalue weighted by Gasteiger charge is -2.21. The van der Waals surface area contributed by atoms with Gasteiger partial charge in [-0.05, 0) is 83.0 Å². The Balaban J connectivity index is 1.26. The Kier molecular flexibility index (Phi) is 11.9. The summed E-state index contributed by atoms with van der Waals surface area (Å²) < 4.78 is 39.1. The Labute approximate surface area is 282 Å². The number of hydrogen-bond donors (Lipinski definition) is 1. The number of amides is 1. The maximum Gasteiger partial charge on any atom is 0.413 e. The molecule has 3 aromatic rings. The van der Waals surface area contributed by atoms with Crippen LogP contribution in [0.4, 0.5) is 10.6 Å². The zero-order valence-electron chi connectivity index (χ0n) is 28.0. The summed E-state index contributed by atoms with van der Waals surface area (Å²) in [7, 11) is 0. The molecule has 1 N–H and O–H groups in total. The van der Waals surface area contributed by atoms with E-state index in [1.54, 1.807) is 90.1 Å². The molecule has 1 saturated heterocycles. The third-order valence-corrected chi connectivity index (χ3v) is 6.75. The molecule has 2 aromatic carbocycles. The molecule has 1 aromatic heterocycles. The highest BCUT2D eigenvalue weighted by Crippen LogP contribution is 2.26. The molecule has 0 radical (unpaired) electrons. The SMILES string of the molecule is CC(C)(C)C(=O)Oc1ccc(COC(=O)Nc2ccn(C3COC(C(OC=O)OCc4ccc(OC(=O)C(C)(C)C)cc4)O3)c(=O)n2)cc1. The van der Waals surface area contributed by atoms with Crippen molar-refractivity contribution in [3.63, 3.8) is 0 Å². The van der Waals surface area contributed by atoms with Crippen molar-refractivity contribution in [2.75, 3.05) is 11.9 Å². The Hall–Kier alpha value is -5.12. The van der Waals surface area contributed by atoms with E-state index in [-0.39, 0.29) is 44.0 Å². The Morgan fingerprint density at radius 2 is 1.45 bits per heavy atom. The van der Waals surface area contributed by atoms with Crippen molar-refractivity contribution in [2.24, 2.45) is 10.8 Å². The fourth-order valence-electron chi connectivity index (χ4n) is 3.93. The number of carbonyl (C=O) groups is 4. The Bertz CT molecular complexity index is 1670. The van der Waals surface area contributed by atoms with E-state index >= 15 is 0 Å². The van der Waals surface area contributed by atoms with Gasteiger partial charge >= 0.3 is 23.7 Å². The maximum atomic E-state index is 12.8. The minimum Gasteiger partial charge on any atom is -0.444 e. The van der Waals surface area contributed by atoms with Crippen LogP contribution in [0.5, 0.6) is 11.5 Å². The first-order chi connectivity index (χ1) is 23.1. The summed E-state index contributed by atoms with van der Waals surface area (Å²) in [6.45, 7) is 10.5. The van der Waals surface area contributed by atoms with Gasteiger partial charge in [-0.15, -0.1) is 0 Å². The molecule has 0 bridgehead atoms. The number of nitrogens with one attached hydrogen (secondary N) is 1. The lowest BCUT2D eigenvalue weighted by atomic mass is 9.97. The third-order valence-electron chi connectivity index (χ3n) is 6.75. The molecule has 3 unspecified atom stereocenters. The predicted molar refractivity (Wildman–Crippen MR) is 171 cm³/mol. The van der Waals surface area contributed by atoms with E-state index < -0.39 is 41.4 Å². The average Bonchev–Trinajstić information content (AvgIpc) is 3.52. The number of ether oxygens (including phenoxy) is 7. The van der Waals surface area contributed by atoms with Gasteiger partial charge in [-0.25, -0.2) is 9.59 Å². The van der Waals surface area contributed by atoms with Gasteiger partial charge in [0, 0.05) is 6.20 Å². The van der Waals surface area contributed by atoms with E-state index in [1.165, 1.54) is 12.3 Å². The number of anilines is 1. The molecule has 1 fully saturated rings. The van der Waals surface area contributed by atoms with E-state index in [4.69, 9.17) is 33.2 Å². The first-order valence-electron chi connectivity index (χ1n) is 15.3. The van der Waals surface area contributed by atoms with Crippen LogP contribution in [0.2, 0.25) is 0 Å². The summed E-state index contributed by atoms with van der Waals surface area (Å²) in [5, 5.41) is 2.39. The monoisotopic (exact) mass is 681 g/mol. The van der Waals surface area contributed by atoms with Gasteiger partial charge in [-0.2, -0.15) is 4.98 Å². The van der Waals surface area contributed by atoms with E-state index in [1.807, 2.05) is 0 Å². The van der Waals surface area contributed by atoms with Crippen LogP contribution in [-0.2, 0) is 51.3 Å². The molecule has 49 heavy (non-hydrogen) atoms. The number of benzene rings is 2. The van der Waals surface area contributed by atoms with Crippen LogP contribution >= 0.6 is 0 Å². The van der Waals surface area contributed by atoms with Crippen LogP contribution in [0.3, 0.4) is 0 Å². The second-order valence-corrected chi connectivity index (χ2v) is 13.0. The van der Waals surface area contributed by atoms with E-state index in [2.05, 4.69) is 10.3 Å². The topological polar surface area (TPSA) is 180 Å².